The highest BCUT2D eigenvalue weighted by Gasteiger charge is 2.23. The van der Waals surface area contributed by atoms with Gasteiger partial charge in [0.05, 0.1) is 26.2 Å². The molecule has 0 unspecified atom stereocenters. The van der Waals surface area contributed by atoms with E-state index in [1.54, 1.807) is 24.3 Å². The van der Waals surface area contributed by atoms with Crippen LogP contribution >= 0.6 is 0 Å². The summed E-state index contributed by atoms with van der Waals surface area (Å²) in [5, 5.41) is 0. The van der Waals surface area contributed by atoms with Gasteiger partial charge in [-0.25, -0.2) is 32.7 Å². The Hall–Kier alpha value is -3.80. The van der Waals surface area contributed by atoms with Crippen LogP contribution in [0.2, 0.25) is 0 Å². The molecule has 0 saturated heterocycles. The molecule has 0 bridgehead atoms. The number of sulfonamides is 1. The lowest BCUT2D eigenvalue weighted by Gasteiger charge is -2.14. The smallest absolute Gasteiger partial charge is 0.231 e. The van der Waals surface area contributed by atoms with Crippen molar-refractivity contribution in [1.29, 1.82) is 0 Å². The number of para-hydroxylation sites is 1. The second kappa shape index (κ2) is 8.38. The molecule has 4 aromatic rings. The Balaban J connectivity index is 2.04. The number of hydrogen-bond acceptors (Lipinski definition) is 8. The van der Waals surface area contributed by atoms with E-state index >= 15 is 4.39 Å². The van der Waals surface area contributed by atoms with Crippen LogP contribution in [-0.4, -0.2) is 52.9 Å². The first kappa shape index (κ1) is 21.4. The first-order chi connectivity index (χ1) is 15.3. The molecule has 1 aromatic carbocycles. The molecule has 3 aromatic heterocycles. The number of nitrogens with one attached hydrogen (secondary N) is 1. The molecule has 32 heavy (non-hydrogen) atoms. The van der Waals surface area contributed by atoms with Crippen molar-refractivity contribution in [1.82, 2.24) is 24.5 Å². The number of hydrogen-bond donors (Lipinski definition) is 1. The standard InChI is InChI=1S/C20H19FN6O4S/c1-4-31-16-10-6-8-13(23-16)19-25-18-20(24-15(11-22-18)26-32(3,28)29)27(19)17-12(21)7-5-9-14(17)30-2/h5-11H,4H2,1-3H3,(H,24,26). The fourth-order valence-electron chi connectivity index (χ4n) is 3.12. The van der Waals surface area contributed by atoms with Crippen molar-refractivity contribution in [3.8, 4) is 28.8 Å². The molecular formula is C20H19FN6O4S. The highest BCUT2D eigenvalue weighted by molar-refractivity contribution is 7.92. The predicted octanol–water partition coefficient (Wildman–Crippen LogP) is 2.80. The Morgan fingerprint density at radius 1 is 1.12 bits per heavy atom. The molecule has 0 aliphatic heterocycles. The number of methoxy groups -OCH3 is 1. The van der Waals surface area contributed by atoms with E-state index in [1.165, 1.54) is 30.0 Å². The first-order valence-corrected chi connectivity index (χ1v) is 11.4. The molecule has 0 spiro atoms. The van der Waals surface area contributed by atoms with Crippen LogP contribution in [0.5, 0.6) is 11.6 Å². The van der Waals surface area contributed by atoms with Crippen LogP contribution in [0.1, 0.15) is 6.92 Å². The monoisotopic (exact) mass is 458 g/mol. The molecule has 0 radical (unpaired) electrons. The minimum Gasteiger partial charge on any atom is -0.494 e. The molecule has 166 valence electrons. The van der Waals surface area contributed by atoms with Gasteiger partial charge in [0.1, 0.15) is 17.1 Å². The lowest BCUT2D eigenvalue weighted by atomic mass is 10.2. The predicted molar refractivity (Wildman–Crippen MR) is 116 cm³/mol. The van der Waals surface area contributed by atoms with Crippen LogP contribution in [0.3, 0.4) is 0 Å². The Bertz CT molecular complexity index is 1410. The van der Waals surface area contributed by atoms with Crippen LogP contribution < -0.4 is 14.2 Å². The Morgan fingerprint density at radius 2 is 1.91 bits per heavy atom. The van der Waals surface area contributed by atoms with E-state index in [-0.39, 0.29) is 34.4 Å². The quantitative estimate of drug-likeness (QED) is 0.449. The van der Waals surface area contributed by atoms with Gasteiger partial charge in [-0.1, -0.05) is 12.1 Å². The summed E-state index contributed by atoms with van der Waals surface area (Å²) in [7, 11) is -2.20. The number of rotatable bonds is 7. The van der Waals surface area contributed by atoms with Crippen molar-refractivity contribution in [3.05, 3.63) is 48.4 Å². The normalized spacial score (nSPS) is 11.5. The molecule has 0 saturated carbocycles. The lowest BCUT2D eigenvalue weighted by Crippen LogP contribution is -2.12. The maximum absolute atomic E-state index is 15.1. The number of nitrogens with zero attached hydrogens (tertiary/aromatic N) is 5. The zero-order valence-electron chi connectivity index (χ0n) is 17.4. The summed E-state index contributed by atoms with van der Waals surface area (Å²) < 4.78 is 52.9. The number of benzene rings is 1. The van der Waals surface area contributed by atoms with Crippen LogP contribution in [0, 0.1) is 5.82 Å². The molecule has 0 aliphatic rings. The van der Waals surface area contributed by atoms with Crippen LogP contribution in [-0.2, 0) is 10.0 Å². The van der Waals surface area contributed by atoms with Crippen molar-refractivity contribution in [2.75, 3.05) is 24.7 Å². The zero-order valence-corrected chi connectivity index (χ0v) is 18.2. The molecule has 0 fully saturated rings. The zero-order chi connectivity index (χ0) is 22.9. The van der Waals surface area contributed by atoms with Crippen molar-refractivity contribution in [3.63, 3.8) is 0 Å². The van der Waals surface area contributed by atoms with Gasteiger partial charge in [0.15, 0.2) is 28.8 Å². The summed E-state index contributed by atoms with van der Waals surface area (Å²) in [5.41, 5.74) is 0.675. The van der Waals surface area contributed by atoms with Crippen molar-refractivity contribution in [2.45, 2.75) is 6.92 Å². The summed E-state index contributed by atoms with van der Waals surface area (Å²) in [6, 6.07) is 9.46. The fraction of sp³-hybridized carbons (Fsp3) is 0.200. The summed E-state index contributed by atoms with van der Waals surface area (Å²) >= 11 is 0. The van der Waals surface area contributed by atoms with Crippen LogP contribution in [0.4, 0.5) is 10.2 Å². The summed E-state index contributed by atoms with van der Waals surface area (Å²) in [4.78, 5) is 17.5. The van der Waals surface area contributed by atoms with E-state index in [1.807, 2.05) is 6.92 Å². The molecule has 0 amide bonds. The summed E-state index contributed by atoms with van der Waals surface area (Å²) in [6.07, 6.45) is 2.22. The van der Waals surface area contributed by atoms with Gasteiger partial charge < -0.3 is 9.47 Å². The minimum absolute atomic E-state index is 0.0296. The number of pyridine rings is 1. The van der Waals surface area contributed by atoms with Gasteiger partial charge in [-0.3, -0.25) is 9.29 Å². The fourth-order valence-corrected chi connectivity index (χ4v) is 3.60. The van der Waals surface area contributed by atoms with Crippen molar-refractivity contribution < 1.29 is 22.3 Å². The number of halogens is 1. The third-order valence-electron chi connectivity index (χ3n) is 4.30. The van der Waals surface area contributed by atoms with Crippen LogP contribution in [0.15, 0.2) is 42.6 Å². The van der Waals surface area contributed by atoms with Gasteiger partial charge in [0.2, 0.25) is 15.9 Å². The number of anilines is 1. The number of fused-ring (bicyclic) bond motifs is 1. The summed E-state index contributed by atoms with van der Waals surface area (Å²) in [5.74, 6) is 0.161. The third kappa shape index (κ3) is 4.17. The van der Waals surface area contributed by atoms with Gasteiger partial charge in [-0.2, -0.15) is 0 Å². The van der Waals surface area contributed by atoms with Crippen molar-refractivity contribution in [2.24, 2.45) is 0 Å². The average Bonchev–Trinajstić information content (AvgIpc) is 3.11. The van der Waals surface area contributed by atoms with E-state index in [4.69, 9.17) is 9.47 Å². The van der Waals surface area contributed by atoms with Gasteiger partial charge >= 0.3 is 0 Å². The van der Waals surface area contributed by atoms with Crippen molar-refractivity contribution >= 4 is 27.1 Å². The highest BCUT2D eigenvalue weighted by atomic mass is 32.2. The molecule has 1 N–H and O–H groups in total. The van der Waals surface area contributed by atoms with E-state index in [0.29, 0.717) is 18.2 Å². The van der Waals surface area contributed by atoms with E-state index in [2.05, 4.69) is 24.7 Å². The molecule has 10 nitrogen and oxygen atoms in total. The molecule has 4 rings (SSSR count). The molecule has 0 atom stereocenters. The topological polar surface area (TPSA) is 121 Å². The van der Waals surface area contributed by atoms with Gasteiger partial charge in [-0.05, 0) is 25.1 Å². The molecule has 0 aliphatic carbocycles. The summed E-state index contributed by atoms with van der Waals surface area (Å²) in [6.45, 7) is 2.25. The third-order valence-corrected chi connectivity index (χ3v) is 4.88. The Kier molecular flexibility index (Phi) is 5.61. The number of aromatic nitrogens is 5. The average molecular weight is 458 g/mol. The molecular weight excluding hydrogens is 439 g/mol. The minimum atomic E-state index is -3.61. The Labute approximate surface area is 183 Å². The Morgan fingerprint density at radius 3 is 2.62 bits per heavy atom. The van der Waals surface area contributed by atoms with Gasteiger partial charge in [0.25, 0.3) is 0 Å². The maximum Gasteiger partial charge on any atom is 0.231 e. The maximum atomic E-state index is 15.1. The second-order valence-electron chi connectivity index (χ2n) is 6.63. The number of imidazole rings is 1. The number of ether oxygens (including phenoxy) is 2. The second-order valence-corrected chi connectivity index (χ2v) is 8.38. The van der Waals surface area contributed by atoms with Crippen LogP contribution in [0.25, 0.3) is 28.5 Å². The highest BCUT2D eigenvalue weighted by Crippen LogP contribution is 2.33. The van der Waals surface area contributed by atoms with E-state index in [9.17, 15) is 8.42 Å². The first-order valence-electron chi connectivity index (χ1n) is 9.47. The van der Waals surface area contributed by atoms with Gasteiger partial charge in [0, 0.05) is 6.07 Å². The largest absolute Gasteiger partial charge is 0.494 e. The van der Waals surface area contributed by atoms with E-state index in [0.717, 1.165) is 6.26 Å². The SMILES string of the molecule is CCOc1cccc(-c2nc3ncc(NS(C)(=O)=O)nc3n2-c2c(F)cccc2OC)n1. The van der Waals surface area contributed by atoms with E-state index < -0.39 is 15.8 Å². The lowest BCUT2D eigenvalue weighted by molar-refractivity contribution is 0.327. The molecule has 12 heteroatoms. The van der Waals surface area contributed by atoms with Gasteiger partial charge in [-0.15, -0.1) is 0 Å². The molecule has 3 heterocycles.